The van der Waals surface area contributed by atoms with Gasteiger partial charge in [-0.25, -0.2) is 4.79 Å². The number of carbonyl (C=O) groups is 1. The standard InChI is InChI=1S/C7H16N2O2/c1-5(4-6(2)10)9-7(11)8-3/h5-6,10H,4H2,1-3H3,(H2,8,9,11). The maximum atomic E-state index is 10.7. The summed E-state index contributed by atoms with van der Waals surface area (Å²) >= 11 is 0. The highest BCUT2D eigenvalue weighted by Crippen LogP contribution is 1.95. The van der Waals surface area contributed by atoms with Gasteiger partial charge < -0.3 is 15.7 Å². The smallest absolute Gasteiger partial charge is 0.314 e. The zero-order chi connectivity index (χ0) is 8.85. The Morgan fingerprint density at radius 1 is 1.55 bits per heavy atom. The van der Waals surface area contributed by atoms with Crippen molar-refractivity contribution in [2.45, 2.75) is 32.4 Å². The first-order valence-corrected chi connectivity index (χ1v) is 3.72. The topological polar surface area (TPSA) is 61.4 Å². The number of aliphatic hydroxyl groups excluding tert-OH is 1. The largest absolute Gasteiger partial charge is 0.393 e. The summed E-state index contributed by atoms with van der Waals surface area (Å²) < 4.78 is 0. The van der Waals surface area contributed by atoms with Crippen molar-refractivity contribution in [1.82, 2.24) is 10.6 Å². The molecule has 4 nitrogen and oxygen atoms in total. The van der Waals surface area contributed by atoms with E-state index in [1.54, 1.807) is 14.0 Å². The van der Waals surface area contributed by atoms with E-state index in [2.05, 4.69) is 10.6 Å². The van der Waals surface area contributed by atoms with Crippen LogP contribution in [0.5, 0.6) is 0 Å². The van der Waals surface area contributed by atoms with Gasteiger partial charge in [-0.05, 0) is 20.3 Å². The monoisotopic (exact) mass is 160 g/mol. The molecule has 0 heterocycles. The van der Waals surface area contributed by atoms with Crippen molar-refractivity contribution < 1.29 is 9.90 Å². The lowest BCUT2D eigenvalue weighted by Gasteiger charge is -2.14. The van der Waals surface area contributed by atoms with Crippen LogP contribution in [0.1, 0.15) is 20.3 Å². The molecule has 0 aliphatic rings. The van der Waals surface area contributed by atoms with Gasteiger partial charge in [-0.3, -0.25) is 0 Å². The van der Waals surface area contributed by atoms with Crippen LogP contribution in [0.25, 0.3) is 0 Å². The van der Waals surface area contributed by atoms with Crippen molar-refractivity contribution >= 4 is 6.03 Å². The van der Waals surface area contributed by atoms with Crippen LogP contribution in [-0.4, -0.2) is 30.3 Å². The highest BCUT2D eigenvalue weighted by molar-refractivity contribution is 5.73. The third-order valence-electron chi connectivity index (χ3n) is 1.30. The van der Waals surface area contributed by atoms with Crippen molar-refractivity contribution in [1.29, 1.82) is 0 Å². The highest BCUT2D eigenvalue weighted by Gasteiger charge is 2.07. The maximum absolute atomic E-state index is 10.7. The number of amides is 2. The number of hydrogen-bond acceptors (Lipinski definition) is 2. The molecule has 0 radical (unpaired) electrons. The summed E-state index contributed by atoms with van der Waals surface area (Å²) in [6.07, 6.45) is 0.204. The van der Waals surface area contributed by atoms with E-state index in [1.165, 1.54) is 0 Å². The van der Waals surface area contributed by atoms with E-state index >= 15 is 0 Å². The molecule has 0 aromatic carbocycles. The summed E-state index contributed by atoms with van der Waals surface area (Å²) in [5.41, 5.74) is 0. The number of urea groups is 1. The van der Waals surface area contributed by atoms with Gasteiger partial charge in [-0.15, -0.1) is 0 Å². The van der Waals surface area contributed by atoms with Gasteiger partial charge in [0.05, 0.1) is 6.10 Å². The SMILES string of the molecule is CNC(=O)NC(C)CC(C)O. The molecule has 0 saturated heterocycles. The Balaban J connectivity index is 3.51. The van der Waals surface area contributed by atoms with Gasteiger partial charge in [0.15, 0.2) is 0 Å². The fraction of sp³-hybridized carbons (Fsp3) is 0.857. The maximum Gasteiger partial charge on any atom is 0.314 e. The second-order valence-electron chi connectivity index (χ2n) is 2.71. The molecule has 0 bridgehead atoms. The lowest BCUT2D eigenvalue weighted by molar-refractivity contribution is 0.170. The molecule has 0 spiro atoms. The van der Waals surface area contributed by atoms with E-state index in [1.807, 2.05) is 6.92 Å². The number of hydrogen-bond donors (Lipinski definition) is 3. The highest BCUT2D eigenvalue weighted by atomic mass is 16.3. The molecule has 2 amide bonds. The first-order valence-electron chi connectivity index (χ1n) is 3.72. The van der Waals surface area contributed by atoms with Gasteiger partial charge in [-0.2, -0.15) is 0 Å². The molecule has 0 saturated carbocycles. The second-order valence-corrected chi connectivity index (χ2v) is 2.71. The third kappa shape index (κ3) is 5.66. The Morgan fingerprint density at radius 2 is 2.09 bits per heavy atom. The Bertz CT molecular complexity index is 126. The predicted molar refractivity (Wildman–Crippen MR) is 43.4 cm³/mol. The van der Waals surface area contributed by atoms with Crippen LogP contribution in [0, 0.1) is 0 Å². The van der Waals surface area contributed by atoms with E-state index in [0.29, 0.717) is 6.42 Å². The summed E-state index contributed by atoms with van der Waals surface area (Å²) in [7, 11) is 1.56. The average molecular weight is 160 g/mol. The van der Waals surface area contributed by atoms with Gasteiger partial charge in [0.1, 0.15) is 0 Å². The number of carbonyl (C=O) groups excluding carboxylic acids is 1. The first-order chi connectivity index (χ1) is 5.06. The molecule has 2 atom stereocenters. The van der Waals surface area contributed by atoms with Crippen LogP contribution >= 0.6 is 0 Å². The lowest BCUT2D eigenvalue weighted by Crippen LogP contribution is -2.40. The van der Waals surface area contributed by atoms with Crippen molar-refractivity contribution in [3.05, 3.63) is 0 Å². The number of nitrogens with one attached hydrogen (secondary N) is 2. The summed E-state index contributed by atoms with van der Waals surface area (Å²) in [6.45, 7) is 3.55. The molecule has 0 aliphatic carbocycles. The fourth-order valence-electron chi connectivity index (χ4n) is 0.867. The molecule has 0 rings (SSSR count). The molecule has 66 valence electrons. The van der Waals surface area contributed by atoms with Gasteiger partial charge in [0.25, 0.3) is 0 Å². The first kappa shape index (κ1) is 10.2. The van der Waals surface area contributed by atoms with Crippen LogP contribution in [0.4, 0.5) is 4.79 Å². The minimum atomic E-state index is -0.373. The van der Waals surface area contributed by atoms with Crippen molar-refractivity contribution in [2.75, 3.05) is 7.05 Å². The van der Waals surface area contributed by atoms with Crippen molar-refractivity contribution in [3.8, 4) is 0 Å². The van der Waals surface area contributed by atoms with Gasteiger partial charge in [0.2, 0.25) is 0 Å². The molecule has 3 N–H and O–H groups in total. The van der Waals surface area contributed by atoms with Crippen LogP contribution in [0.2, 0.25) is 0 Å². The molecule has 2 unspecified atom stereocenters. The normalized spacial score (nSPS) is 15.3. The second kappa shape index (κ2) is 4.96. The molecule has 0 aromatic heterocycles. The van der Waals surface area contributed by atoms with E-state index < -0.39 is 0 Å². The predicted octanol–water partition coefficient (Wildman–Crippen LogP) is 0.0748. The molecule has 0 fully saturated rings. The summed E-state index contributed by atoms with van der Waals surface area (Å²) in [5.74, 6) is 0. The van der Waals surface area contributed by atoms with Crippen molar-refractivity contribution in [2.24, 2.45) is 0 Å². The van der Waals surface area contributed by atoms with Crippen LogP contribution in [0.15, 0.2) is 0 Å². The molecule has 11 heavy (non-hydrogen) atoms. The van der Waals surface area contributed by atoms with Crippen molar-refractivity contribution in [3.63, 3.8) is 0 Å². The van der Waals surface area contributed by atoms with Gasteiger partial charge in [-0.1, -0.05) is 0 Å². The summed E-state index contributed by atoms with van der Waals surface area (Å²) in [4.78, 5) is 10.7. The van der Waals surface area contributed by atoms with E-state index in [0.717, 1.165) is 0 Å². The van der Waals surface area contributed by atoms with Gasteiger partial charge in [0, 0.05) is 13.1 Å². The molecule has 0 aliphatic heterocycles. The minimum absolute atomic E-state index is 0.00921. The Kier molecular flexibility index (Phi) is 4.61. The molecular weight excluding hydrogens is 144 g/mol. The fourth-order valence-corrected chi connectivity index (χ4v) is 0.867. The van der Waals surface area contributed by atoms with Crippen LogP contribution in [-0.2, 0) is 0 Å². The average Bonchev–Trinajstić information content (AvgIpc) is 1.85. The van der Waals surface area contributed by atoms with E-state index in [4.69, 9.17) is 5.11 Å². The molecule has 4 heteroatoms. The zero-order valence-electron chi connectivity index (χ0n) is 7.22. The Morgan fingerprint density at radius 3 is 2.45 bits per heavy atom. The lowest BCUT2D eigenvalue weighted by atomic mass is 10.2. The zero-order valence-corrected chi connectivity index (χ0v) is 7.22. The Labute approximate surface area is 67.0 Å². The number of aliphatic hydroxyl groups is 1. The van der Waals surface area contributed by atoms with Gasteiger partial charge >= 0.3 is 6.03 Å². The van der Waals surface area contributed by atoms with Crippen LogP contribution in [0.3, 0.4) is 0 Å². The molecular formula is C7H16N2O2. The molecule has 0 aromatic rings. The third-order valence-corrected chi connectivity index (χ3v) is 1.30. The quantitative estimate of drug-likeness (QED) is 0.547. The van der Waals surface area contributed by atoms with E-state index in [-0.39, 0.29) is 18.2 Å². The summed E-state index contributed by atoms with van der Waals surface area (Å²) in [5, 5.41) is 14.0. The minimum Gasteiger partial charge on any atom is -0.393 e. The summed E-state index contributed by atoms with van der Waals surface area (Å²) in [6, 6.07) is -0.201. The number of rotatable bonds is 3. The van der Waals surface area contributed by atoms with Crippen LogP contribution < -0.4 is 10.6 Å². The Hall–Kier alpha value is -0.770. The van der Waals surface area contributed by atoms with E-state index in [9.17, 15) is 4.79 Å².